The van der Waals surface area contributed by atoms with Gasteiger partial charge >= 0.3 is 0 Å². The first-order valence-electron chi connectivity index (χ1n) is 11.9. The number of hydrogen-bond donors (Lipinski definition) is 1. The van der Waals surface area contributed by atoms with Crippen LogP contribution in [0.2, 0.25) is 0 Å². The van der Waals surface area contributed by atoms with Crippen LogP contribution in [-0.4, -0.2) is 21.7 Å². The van der Waals surface area contributed by atoms with Crippen LogP contribution in [0.1, 0.15) is 36.3 Å². The van der Waals surface area contributed by atoms with E-state index in [9.17, 15) is 10.1 Å². The SMILES string of the molecule is C=CCSc1nnc(N2C(N)=C(C#N)C(c3ccc(OCc4ccccc4)cc3)C3=C2CCCC3=O)s1. The van der Waals surface area contributed by atoms with Crippen molar-refractivity contribution in [1.82, 2.24) is 10.2 Å². The number of Topliss-reactive ketones (excluding diaryl/α,β-unsaturated/α-hetero) is 1. The zero-order chi connectivity index (χ0) is 25.8. The summed E-state index contributed by atoms with van der Waals surface area (Å²) in [7, 11) is 0. The lowest BCUT2D eigenvalue weighted by Crippen LogP contribution is -2.38. The predicted octanol–water partition coefficient (Wildman–Crippen LogP) is 5.70. The van der Waals surface area contributed by atoms with Gasteiger partial charge in [0, 0.05) is 23.4 Å². The molecule has 2 aliphatic rings. The van der Waals surface area contributed by atoms with Crippen LogP contribution in [0.3, 0.4) is 0 Å². The van der Waals surface area contributed by atoms with Crippen LogP contribution in [0.25, 0.3) is 0 Å². The molecule has 3 aromatic rings. The number of nitrogens with zero attached hydrogens (tertiary/aromatic N) is 4. The van der Waals surface area contributed by atoms with Crippen molar-refractivity contribution in [3.05, 3.63) is 101 Å². The van der Waals surface area contributed by atoms with Crippen molar-refractivity contribution in [2.75, 3.05) is 10.7 Å². The Hall–Kier alpha value is -3.87. The Bertz CT molecular complexity index is 1420. The molecule has 1 aromatic heterocycles. The van der Waals surface area contributed by atoms with Gasteiger partial charge < -0.3 is 10.5 Å². The lowest BCUT2D eigenvalue weighted by molar-refractivity contribution is -0.116. The number of thioether (sulfide) groups is 1. The van der Waals surface area contributed by atoms with Crippen molar-refractivity contribution in [2.45, 2.75) is 36.1 Å². The number of nitrogens with two attached hydrogens (primary N) is 1. The lowest BCUT2D eigenvalue weighted by atomic mass is 9.76. The molecule has 0 spiro atoms. The Morgan fingerprint density at radius 3 is 2.70 bits per heavy atom. The summed E-state index contributed by atoms with van der Waals surface area (Å²) in [5.41, 5.74) is 10.3. The summed E-state index contributed by atoms with van der Waals surface area (Å²) >= 11 is 2.92. The van der Waals surface area contributed by atoms with Gasteiger partial charge in [0.2, 0.25) is 5.13 Å². The fourth-order valence-corrected chi connectivity index (χ4v) is 6.26. The molecule has 1 atom stereocenters. The third-order valence-electron chi connectivity index (χ3n) is 6.29. The first-order valence-corrected chi connectivity index (χ1v) is 13.7. The van der Waals surface area contributed by atoms with E-state index in [1.54, 1.807) is 11.0 Å². The molecule has 1 aliphatic carbocycles. The van der Waals surface area contributed by atoms with E-state index >= 15 is 0 Å². The second kappa shape index (κ2) is 11.0. The second-order valence-corrected chi connectivity index (χ2v) is 10.8. The van der Waals surface area contributed by atoms with E-state index < -0.39 is 5.92 Å². The van der Waals surface area contributed by atoms with E-state index in [2.05, 4.69) is 22.8 Å². The van der Waals surface area contributed by atoms with E-state index in [4.69, 9.17) is 10.5 Å². The Kier molecular flexibility index (Phi) is 7.40. The number of carbonyl (C=O) groups is 1. The Morgan fingerprint density at radius 1 is 1.19 bits per heavy atom. The summed E-state index contributed by atoms with van der Waals surface area (Å²) < 4.78 is 6.71. The van der Waals surface area contributed by atoms with E-state index in [0.29, 0.717) is 53.0 Å². The molecular formula is C28H25N5O2S2. The fraction of sp³-hybridized carbons (Fsp3) is 0.214. The van der Waals surface area contributed by atoms with Gasteiger partial charge in [-0.3, -0.25) is 9.69 Å². The van der Waals surface area contributed by atoms with E-state index in [1.807, 2.05) is 54.6 Å². The molecule has 2 N–H and O–H groups in total. The number of carbonyl (C=O) groups excluding carboxylic acids is 1. The number of ether oxygens (including phenoxy) is 1. The number of ketones is 1. The van der Waals surface area contributed by atoms with E-state index in [-0.39, 0.29) is 5.78 Å². The van der Waals surface area contributed by atoms with Crippen LogP contribution in [-0.2, 0) is 11.4 Å². The highest BCUT2D eigenvalue weighted by Crippen LogP contribution is 2.47. The second-order valence-electron chi connectivity index (χ2n) is 8.61. The van der Waals surface area contributed by atoms with Crippen molar-refractivity contribution < 1.29 is 9.53 Å². The fourth-order valence-electron chi connectivity index (χ4n) is 4.62. The molecule has 0 fully saturated rings. The molecule has 7 nitrogen and oxygen atoms in total. The molecule has 186 valence electrons. The molecule has 9 heteroatoms. The van der Waals surface area contributed by atoms with Gasteiger partial charge in [-0.05, 0) is 36.1 Å². The van der Waals surface area contributed by atoms with Gasteiger partial charge in [0.1, 0.15) is 18.2 Å². The number of benzene rings is 2. The zero-order valence-corrected chi connectivity index (χ0v) is 21.7. The Labute approximate surface area is 224 Å². The molecule has 0 radical (unpaired) electrons. The molecule has 0 saturated carbocycles. The molecule has 0 saturated heterocycles. The predicted molar refractivity (Wildman–Crippen MR) is 146 cm³/mol. The summed E-state index contributed by atoms with van der Waals surface area (Å²) in [4.78, 5) is 15.1. The number of hydrogen-bond acceptors (Lipinski definition) is 9. The monoisotopic (exact) mass is 527 g/mol. The first kappa shape index (κ1) is 24.8. The summed E-state index contributed by atoms with van der Waals surface area (Å²) in [6.45, 7) is 4.20. The molecule has 37 heavy (non-hydrogen) atoms. The van der Waals surface area contributed by atoms with Crippen LogP contribution in [0.4, 0.5) is 5.13 Å². The molecule has 1 aliphatic heterocycles. The maximum Gasteiger partial charge on any atom is 0.219 e. The molecule has 0 bridgehead atoms. The highest BCUT2D eigenvalue weighted by Gasteiger charge is 2.41. The largest absolute Gasteiger partial charge is 0.489 e. The minimum Gasteiger partial charge on any atom is -0.489 e. The first-order chi connectivity index (χ1) is 18.1. The topological polar surface area (TPSA) is 105 Å². The van der Waals surface area contributed by atoms with Crippen LogP contribution in [0.15, 0.2) is 94.3 Å². The maximum atomic E-state index is 13.3. The third kappa shape index (κ3) is 5.03. The number of nitriles is 1. The number of rotatable bonds is 8. The van der Waals surface area contributed by atoms with Gasteiger partial charge in [0.25, 0.3) is 0 Å². The van der Waals surface area contributed by atoms with E-state index in [1.165, 1.54) is 23.1 Å². The van der Waals surface area contributed by atoms with Crippen molar-refractivity contribution in [1.29, 1.82) is 5.26 Å². The smallest absolute Gasteiger partial charge is 0.219 e. The van der Waals surface area contributed by atoms with Crippen molar-refractivity contribution in [3.63, 3.8) is 0 Å². The van der Waals surface area contributed by atoms with E-state index in [0.717, 1.165) is 27.6 Å². The average molecular weight is 528 g/mol. The minimum atomic E-state index is -0.533. The normalized spacial score (nSPS) is 17.4. The van der Waals surface area contributed by atoms with Gasteiger partial charge in [0.15, 0.2) is 10.1 Å². The van der Waals surface area contributed by atoms with Crippen LogP contribution < -0.4 is 15.4 Å². The zero-order valence-electron chi connectivity index (χ0n) is 20.1. The van der Waals surface area contributed by atoms with Crippen LogP contribution >= 0.6 is 23.1 Å². The molecule has 1 unspecified atom stereocenters. The van der Waals surface area contributed by atoms with Gasteiger partial charge in [-0.2, -0.15) is 5.26 Å². The molecule has 0 amide bonds. The summed E-state index contributed by atoms with van der Waals surface area (Å²) in [5.74, 6) is 1.22. The average Bonchev–Trinajstić information content (AvgIpc) is 3.39. The molecule has 5 rings (SSSR count). The summed E-state index contributed by atoms with van der Waals surface area (Å²) in [6.07, 6.45) is 3.64. The molecular weight excluding hydrogens is 502 g/mol. The van der Waals surface area contributed by atoms with Crippen LogP contribution in [0, 0.1) is 11.3 Å². The van der Waals surface area contributed by atoms with Crippen LogP contribution in [0.5, 0.6) is 5.75 Å². The van der Waals surface area contributed by atoms with Gasteiger partial charge in [-0.15, -0.1) is 16.8 Å². The van der Waals surface area contributed by atoms with Crippen molar-refractivity contribution >= 4 is 34.0 Å². The standard InChI is InChI=1S/C28H25N5O2S2/c1-2-15-36-28-32-31-27(37-28)33-22-9-6-10-23(34)25(22)24(21(16-29)26(33)30)19-11-13-20(14-12-19)35-17-18-7-4-3-5-8-18/h2-5,7-8,11-14,24H,1,6,9-10,15,17,30H2. The van der Waals surface area contributed by atoms with Gasteiger partial charge in [0.05, 0.1) is 17.6 Å². The number of aromatic nitrogens is 2. The minimum absolute atomic E-state index is 0.0340. The molecule has 2 heterocycles. The van der Waals surface area contributed by atoms with Gasteiger partial charge in [-0.1, -0.05) is 71.6 Å². The van der Waals surface area contributed by atoms with Gasteiger partial charge in [-0.25, -0.2) is 0 Å². The summed E-state index contributed by atoms with van der Waals surface area (Å²) in [5, 5.41) is 19.4. The highest BCUT2D eigenvalue weighted by molar-refractivity contribution is 8.01. The lowest BCUT2D eigenvalue weighted by Gasteiger charge is -2.38. The Balaban J connectivity index is 1.49. The summed E-state index contributed by atoms with van der Waals surface area (Å²) in [6, 6.07) is 19.8. The third-order valence-corrected chi connectivity index (χ3v) is 8.32. The van der Waals surface area contributed by atoms with Crippen molar-refractivity contribution in [3.8, 4) is 11.8 Å². The quantitative estimate of drug-likeness (QED) is 0.294. The number of anilines is 1. The number of allylic oxidation sites excluding steroid dienone is 3. The Morgan fingerprint density at radius 2 is 1.97 bits per heavy atom. The molecule has 2 aromatic carbocycles. The van der Waals surface area contributed by atoms with Crippen molar-refractivity contribution in [2.24, 2.45) is 5.73 Å². The highest BCUT2D eigenvalue weighted by atomic mass is 32.2. The maximum absolute atomic E-state index is 13.3.